The highest BCUT2D eigenvalue weighted by Gasteiger charge is 2.15. The molecule has 1 aliphatic rings. The molecule has 1 saturated heterocycles. The number of hydrogen-bond donors (Lipinski definition) is 2. The van der Waals surface area contributed by atoms with Crippen LogP contribution in [0.5, 0.6) is 0 Å². The second-order valence-corrected chi connectivity index (χ2v) is 5.18. The summed E-state index contributed by atoms with van der Waals surface area (Å²) in [5.74, 6) is -0.185. The van der Waals surface area contributed by atoms with E-state index < -0.39 is 0 Å². The van der Waals surface area contributed by atoms with Gasteiger partial charge in [-0.05, 0) is 38.9 Å². The van der Waals surface area contributed by atoms with Crippen LogP contribution < -0.4 is 10.9 Å². The van der Waals surface area contributed by atoms with Crippen molar-refractivity contribution < 1.29 is 4.79 Å². The Bertz CT molecular complexity index is 478. The van der Waals surface area contributed by atoms with Crippen molar-refractivity contribution in [1.82, 2.24) is 15.2 Å². The first-order chi connectivity index (χ1) is 9.15. The minimum atomic E-state index is -0.253. The van der Waals surface area contributed by atoms with Gasteiger partial charge in [-0.3, -0.25) is 9.59 Å². The van der Waals surface area contributed by atoms with E-state index in [-0.39, 0.29) is 17.5 Å². The number of likely N-dealkylation sites (tertiary alicyclic amines) is 1. The number of H-pyrrole nitrogens is 1. The lowest BCUT2D eigenvalue weighted by Gasteiger charge is -2.29. The molecule has 0 aliphatic carbocycles. The van der Waals surface area contributed by atoms with Gasteiger partial charge in [0.2, 0.25) is 5.56 Å². The van der Waals surface area contributed by atoms with Crippen LogP contribution in [0.1, 0.15) is 36.5 Å². The summed E-state index contributed by atoms with van der Waals surface area (Å²) in [6.45, 7) is 5.10. The SMILES string of the molecule is CC(CN1CCCCC1)NC(=O)c1cc[nH]c(=O)c1. The summed E-state index contributed by atoms with van der Waals surface area (Å²) >= 11 is 0. The Hall–Kier alpha value is -1.62. The van der Waals surface area contributed by atoms with Crippen LogP contribution in [0.4, 0.5) is 0 Å². The lowest BCUT2D eigenvalue weighted by molar-refractivity contribution is 0.0925. The molecule has 0 aromatic carbocycles. The molecule has 1 atom stereocenters. The summed E-state index contributed by atoms with van der Waals surface area (Å²) in [6, 6.07) is 3.03. The Balaban J connectivity index is 1.86. The molecule has 5 nitrogen and oxygen atoms in total. The predicted octanol–water partition coefficient (Wildman–Crippen LogP) is 0.979. The van der Waals surface area contributed by atoms with Gasteiger partial charge in [0, 0.05) is 30.4 Å². The molecular weight excluding hydrogens is 242 g/mol. The summed E-state index contributed by atoms with van der Waals surface area (Å²) in [7, 11) is 0. The van der Waals surface area contributed by atoms with Crippen LogP contribution >= 0.6 is 0 Å². The molecule has 1 unspecified atom stereocenters. The minimum Gasteiger partial charge on any atom is -0.348 e. The standard InChI is InChI=1S/C14H21N3O2/c1-11(10-17-7-3-2-4-8-17)16-14(19)12-5-6-15-13(18)9-12/h5-6,9,11H,2-4,7-8,10H2,1H3,(H,15,18)(H,16,19). The fourth-order valence-electron chi connectivity index (χ4n) is 2.47. The van der Waals surface area contributed by atoms with Gasteiger partial charge in [-0.15, -0.1) is 0 Å². The number of aromatic amines is 1. The Morgan fingerprint density at radius 1 is 1.42 bits per heavy atom. The first kappa shape index (κ1) is 13.8. The Kier molecular flexibility index (Phi) is 4.74. The number of amides is 1. The quantitative estimate of drug-likeness (QED) is 0.851. The zero-order chi connectivity index (χ0) is 13.7. The third kappa shape index (κ3) is 4.21. The van der Waals surface area contributed by atoms with Crippen LogP contribution in [0, 0.1) is 0 Å². The average molecular weight is 263 g/mol. The molecule has 1 amide bonds. The van der Waals surface area contributed by atoms with Gasteiger partial charge in [0.15, 0.2) is 0 Å². The highest BCUT2D eigenvalue weighted by molar-refractivity contribution is 5.94. The van der Waals surface area contributed by atoms with Crippen molar-refractivity contribution in [2.75, 3.05) is 19.6 Å². The Labute approximate surface area is 113 Å². The second-order valence-electron chi connectivity index (χ2n) is 5.18. The predicted molar refractivity (Wildman–Crippen MR) is 74.3 cm³/mol. The van der Waals surface area contributed by atoms with Gasteiger partial charge >= 0.3 is 0 Å². The number of hydrogen-bond acceptors (Lipinski definition) is 3. The van der Waals surface area contributed by atoms with E-state index in [0.29, 0.717) is 5.56 Å². The third-order valence-electron chi connectivity index (χ3n) is 3.40. The third-order valence-corrected chi connectivity index (χ3v) is 3.40. The maximum absolute atomic E-state index is 12.0. The summed E-state index contributed by atoms with van der Waals surface area (Å²) < 4.78 is 0. The maximum Gasteiger partial charge on any atom is 0.251 e. The molecule has 0 bridgehead atoms. The van der Waals surface area contributed by atoms with Gasteiger partial charge in [0.05, 0.1) is 0 Å². The van der Waals surface area contributed by atoms with E-state index in [2.05, 4.69) is 15.2 Å². The average Bonchev–Trinajstić information content (AvgIpc) is 2.39. The Morgan fingerprint density at radius 3 is 2.84 bits per heavy atom. The van der Waals surface area contributed by atoms with Gasteiger partial charge < -0.3 is 15.2 Å². The van der Waals surface area contributed by atoms with Crippen LogP contribution in [-0.2, 0) is 0 Å². The zero-order valence-corrected chi connectivity index (χ0v) is 11.3. The molecule has 5 heteroatoms. The molecule has 0 spiro atoms. The molecular formula is C14H21N3O2. The van der Waals surface area contributed by atoms with Crippen LogP contribution in [0.2, 0.25) is 0 Å². The highest BCUT2D eigenvalue weighted by Crippen LogP contribution is 2.08. The summed E-state index contributed by atoms with van der Waals surface area (Å²) in [5.41, 5.74) is 0.158. The maximum atomic E-state index is 12.0. The van der Waals surface area contributed by atoms with Crippen molar-refractivity contribution >= 4 is 5.91 Å². The second kappa shape index (κ2) is 6.52. The number of pyridine rings is 1. The molecule has 0 radical (unpaired) electrons. The fourth-order valence-corrected chi connectivity index (χ4v) is 2.47. The van der Waals surface area contributed by atoms with E-state index in [1.165, 1.54) is 31.5 Å². The molecule has 104 valence electrons. The zero-order valence-electron chi connectivity index (χ0n) is 11.3. The first-order valence-corrected chi connectivity index (χ1v) is 6.87. The van der Waals surface area contributed by atoms with Gasteiger partial charge in [-0.1, -0.05) is 6.42 Å². The molecule has 19 heavy (non-hydrogen) atoms. The van der Waals surface area contributed by atoms with Crippen molar-refractivity contribution in [1.29, 1.82) is 0 Å². The van der Waals surface area contributed by atoms with Crippen molar-refractivity contribution in [2.24, 2.45) is 0 Å². The normalized spacial score (nSPS) is 17.9. The lowest BCUT2D eigenvalue weighted by Crippen LogP contribution is -2.43. The van der Waals surface area contributed by atoms with Crippen molar-refractivity contribution in [2.45, 2.75) is 32.2 Å². The van der Waals surface area contributed by atoms with E-state index in [0.717, 1.165) is 19.6 Å². The van der Waals surface area contributed by atoms with Crippen LogP contribution in [-0.4, -0.2) is 41.5 Å². The Morgan fingerprint density at radius 2 is 2.16 bits per heavy atom. The van der Waals surface area contributed by atoms with Gasteiger partial charge in [0.25, 0.3) is 5.91 Å². The van der Waals surface area contributed by atoms with E-state index in [1.807, 2.05) is 6.92 Å². The van der Waals surface area contributed by atoms with Crippen molar-refractivity contribution in [3.63, 3.8) is 0 Å². The number of nitrogens with zero attached hydrogens (tertiary/aromatic N) is 1. The van der Waals surface area contributed by atoms with E-state index in [9.17, 15) is 9.59 Å². The number of carbonyl (C=O) groups excluding carboxylic acids is 1. The van der Waals surface area contributed by atoms with Crippen molar-refractivity contribution in [3.05, 3.63) is 34.2 Å². The molecule has 1 aromatic heterocycles. The summed E-state index contributed by atoms with van der Waals surface area (Å²) in [5, 5.41) is 2.94. The van der Waals surface area contributed by atoms with Gasteiger partial charge in [-0.2, -0.15) is 0 Å². The van der Waals surface area contributed by atoms with Gasteiger partial charge in [0.1, 0.15) is 0 Å². The molecule has 1 aromatic rings. The number of nitrogens with one attached hydrogen (secondary N) is 2. The van der Waals surface area contributed by atoms with Crippen molar-refractivity contribution in [3.8, 4) is 0 Å². The first-order valence-electron chi connectivity index (χ1n) is 6.87. The lowest BCUT2D eigenvalue weighted by atomic mass is 10.1. The topological polar surface area (TPSA) is 65.2 Å². The van der Waals surface area contributed by atoms with Crippen LogP contribution in [0.25, 0.3) is 0 Å². The molecule has 2 heterocycles. The number of carbonyl (C=O) groups is 1. The van der Waals surface area contributed by atoms with E-state index in [4.69, 9.17) is 0 Å². The highest BCUT2D eigenvalue weighted by atomic mass is 16.2. The molecule has 0 saturated carbocycles. The molecule has 2 N–H and O–H groups in total. The van der Waals surface area contributed by atoms with Crippen LogP contribution in [0.3, 0.4) is 0 Å². The molecule has 2 rings (SSSR count). The monoisotopic (exact) mass is 263 g/mol. The van der Waals surface area contributed by atoms with Gasteiger partial charge in [-0.25, -0.2) is 0 Å². The van der Waals surface area contributed by atoms with E-state index in [1.54, 1.807) is 6.07 Å². The fraction of sp³-hybridized carbons (Fsp3) is 0.571. The summed E-state index contributed by atoms with van der Waals surface area (Å²) in [4.78, 5) is 28.0. The largest absolute Gasteiger partial charge is 0.348 e. The summed E-state index contributed by atoms with van der Waals surface area (Å²) in [6.07, 6.45) is 5.29. The smallest absolute Gasteiger partial charge is 0.251 e. The molecule has 1 fully saturated rings. The number of piperidine rings is 1. The number of aromatic nitrogens is 1. The van der Waals surface area contributed by atoms with E-state index >= 15 is 0 Å². The minimum absolute atomic E-state index is 0.0879. The molecule has 1 aliphatic heterocycles. The number of rotatable bonds is 4. The van der Waals surface area contributed by atoms with Crippen LogP contribution in [0.15, 0.2) is 23.1 Å².